The first kappa shape index (κ1) is 21.8. The van der Waals surface area contributed by atoms with Gasteiger partial charge in [0.1, 0.15) is 11.3 Å². The van der Waals surface area contributed by atoms with Gasteiger partial charge in [0.05, 0.1) is 19.2 Å². The Morgan fingerprint density at radius 2 is 1.90 bits per heavy atom. The van der Waals surface area contributed by atoms with Crippen LogP contribution in [0.3, 0.4) is 0 Å². The molecular weight excluding hydrogens is 406 g/mol. The first-order chi connectivity index (χ1) is 14.3. The zero-order chi connectivity index (χ0) is 21.9. The van der Waals surface area contributed by atoms with E-state index in [2.05, 4.69) is 5.38 Å². The molecular formula is C21H25N3O5S. The molecule has 160 valence electrons. The highest BCUT2D eigenvalue weighted by atomic mass is 32.1. The van der Waals surface area contributed by atoms with Gasteiger partial charge in [-0.1, -0.05) is 12.1 Å². The van der Waals surface area contributed by atoms with Crippen molar-refractivity contribution in [3.63, 3.8) is 0 Å². The molecule has 30 heavy (non-hydrogen) atoms. The van der Waals surface area contributed by atoms with Gasteiger partial charge in [-0.2, -0.15) is 11.3 Å². The Labute approximate surface area is 179 Å². The summed E-state index contributed by atoms with van der Waals surface area (Å²) >= 11 is 1.63. The Morgan fingerprint density at radius 3 is 2.43 bits per heavy atom. The van der Waals surface area contributed by atoms with E-state index >= 15 is 0 Å². The van der Waals surface area contributed by atoms with Crippen molar-refractivity contribution < 1.29 is 24.3 Å². The Balaban J connectivity index is 1.60. The third-order valence-electron chi connectivity index (χ3n) is 5.43. The monoisotopic (exact) mass is 431 g/mol. The van der Waals surface area contributed by atoms with Gasteiger partial charge in [-0.05, 0) is 53.9 Å². The van der Waals surface area contributed by atoms with Crippen LogP contribution in [-0.4, -0.2) is 70.2 Å². The van der Waals surface area contributed by atoms with E-state index in [0.29, 0.717) is 10.8 Å². The number of nitrogens with zero attached hydrogens (tertiary/aromatic N) is 3. The predicted octanol–water partition coefficient (Wildman–Crippen LogP) is 3.07. The molecule has 1 N–H and O–H groups in total. The number of likely N-dealkylation sites (N-methyl/N-ethyl adjacent to an activating group) is 1. The average molecular weight is 432 g/mol. The molecule has 0 spiro atoms. The van der Waals surface area contributed by atoms with Crippen molar-refractivity contribution in [3.8, 4) is 16.9 Å². The fourth-order valence-electron chi connectivity index (χ4n) is 3.23. The number of amides is 4. The molecule has 1 aromatic heterocycles. The van der Waals surface area contributed by atoms with Crippen LogP contribution in [0.2, 0.25) is 0 Å². The lowest BCUT2D eigenvalue weighted by atomic mass is 10.0. The van der Waals surface area contributed by atoms with Gasteiger partial charge in [0.25, 0.3) is 5.91 Å². The number of ether oxygens (including phenoxy) is 1. The molecule has 0 saturated carbocycles. The molecule has 1 aromatic carbocycles. The summed E-state index contributed by atoms with van der Waals surface area (Å²) in [5, 5.41) is 14.5. The molecule has 4 amide bonds. The third-order valence-corrected chi connectivity index (χ3v) is 6.11. The van der Waals surface area contributed by atoms with E-state index in [9.17, 15) is 19.6 Å². The van der Waals surface area contributed by atoms with Crippen LogP contribution in [0.25, 0.3) is 11.1 Å². The van der Waals surface area contributed by atoms with Gasteiger partial charge in [0.15, 0.2) is 0 Å². The number of hydrogen-bond acceptors (Lipinski definition) is 6. The van der Waals surface area contributed by atoms with Crippen molar-refractivity contribution in [2.24, 2.45) is 0 Å². The van der Waals surface area contributed by atoms with Crippen LogP contribution in [0.5, 0.6) is 5.75 Å². The van der Waals surface area contributed by atoms with Gasteiger partial charge in [0.2, 0.25) is 6.41 Å². The van der Waals surface area contributed by atoms with Crippen LogP contribution in [0, 0.1) is 0 Å². The highest BCUT2D eigenvalue weighted by molar-refractivity contribution is 7.08. The summed E-state index contributed by atoms with van der Waals surface area (Å²) < 4.78 is 5.73. The lowest BCUT2D eigenvalue weighted by Crippen LogP contribution is -2.46. The van der Waals surface area contributed by atoms with Crippen molar-refractivity contribution in [1.29, 1.82) is 0 Å². The second-order valence-corrected chi connectivity index (χ2v) is 8.41. The van der Waals surface area contributed by atoms with Gasteiger partial charge in [-0.25, -0.2) is 9.86 Å². The van der Waals surface area contributed by atoms with Crippen molar-refractivity contribution in [1.82, 2.24) is 14.9 Å². The van der Waals surface area contributed by atoms with Crippen LogP contribution < -0.4 is 4.74 Å². The Morgan fingerprint density at radius 1 is 1.20 bits per heavy atom. The van der Waals surface area contributed by atoms with E-state index in [4.69, 9.17) is 4.74 Å². The minimum Gasteiger partial charge on any atom is -0.494 e. The van der Waals surface area contributed by atoms with Crippen LogP contribution in [-0.2, 0) is 9.59 Å². The first-order valence-electron chi connectivity index (χ1n) is 9.53. The zero-order valence-electron chi connectivity index (χ0n) is 17.1. The molecule has 0 bridgehead atoms. The quantitative estimate of drug-likeness (QED) is 0.285. The predicted molar refractivity (Wildman–Crippen MR) is 112 cm³/mol. The number of rotatable bonds is 9. The molecule has 3 rings (SSSR count). The highest BCUT2D eigenvalue weighted by Crippen LogP contribution is 2.27. The van der Waals surface area contributed by atoms with Gasteiger partial charge in [-0.15, -0.1) is 0 Å². The Bertz CT molecular complexity index is 898. The molecule has 1 unspecified atom stereocenters. The number of urea groups is 1. The smallest absolute Gasteiger partial charge is 0.327 e. The molecule has 1 aliphatic heterocycles. The molecule has 0 radical (unpaired) electrons. The maximum absolute atomic E-state index is 12.6. The second kappa shape index (κ2) is 8.85. The molecule has 1 aliphatic rings. The molecule has 8 nitrogen and oxygen atoms in total. The highest BCUT2D eigenvalue weighted by Gasteiger charge is 2.49. The Hall–Kier alpha value is -2.91. The van der Waals surface area contributed by atoms with Crippen LogP contribution >= 0.6 is 11.3 Å². The topological polar surface area (TPSA) is 90.4 Å². The number of benzene rings is 1. The minimum atomic E-state index is -0.968. The van der Waals surface area contributed by atoms with E-state index in [0.717, 1.165) is 16.0 Å². The number of hydroxylamine groups is 2. The second-order valence-electron chi connectivity index (χ2n) is 7.63. The molecule has 2 aromatic rings. The van der Waals surface area contributed by atoms with Crippen molar-refractivity contribution in [2.75, 3.05) is 20.2 Å². The van der Waals surface area contributed by atoms with E-state index in [-0.39, 0.29) is 31.9 Å². The van der Waals surface area contributed by atoms with E-state index in [1.165, 1.54) is 4.90 Å². The van der Waals surface area contributed by atoms with E-state index < -0.39 is 17.6 Å². The fraction of sp³-hybridized carbons (Fsp3) is 0.381. The van der Waals surface area contributed by atoms with Gasteiger partial charge in [0, 0.05) is 13.5 Å². The van der Waals surface area contributed by atoms with Crippen molar-refractivity contribution >= 4 is 29.7 Å². The van der Waals surface area contributed by atoms with E-state index in [1.807, 2.05) is 35.7 Å². The minimum absolute atomic E-state index is 0.110. The van der Waals surface area contributed by atoms with Crippen molar-refractivity contribution in [2.45, 2.75) is 31.8 Å². The number of carbonyl (C=O) groups excluding carboxylic acids is 3. The van der Waals surface area contributed by atoms with Crippen LogP contribution in [0.1, 0.15) is 20.3 Å². The number of thiophene rings is 1. The van der Waals surface area contributed by atoms with E-state index in [1.54, 1.807) is 32.2 Å². The summed E-state index contributed by atoms with van der Waals surface area (Å²) in [6, 6.07) is 8.42. The molecule has 0 aliphatic carbocycles. The maximum atomic E-state index is 12.6. The number of hydrogen-bond donors (Lipinski definition) is 1. The van der Waals surface area contributed by atoms with Crippen LogP contribution in [0.4, 0.5) is 4.79 Å². The van der Waals surface area contributed by atoms with Gasteiger partial charge in [-0.3, -0.25) is 19.7 Å². The summed E-state index contributed by atoms with van der Waals surface area (Å²) in [7, 11) is 1.55. The number of imide groups is 1. The third kappa shape index (κ3) is 4.31. The molecule has 1 saturated heterocycles. The summed E-state index contributed by atoms with van der Waals surface area (Å²) in [6.45, 7) is 3.40. The lowest BCUT2D eigenvalue weighted by molar-refractivity contribution is -0.163. The SMILES string of the molecule is CN1C(=O)N(CC(CCOc2ccc(-c3ccsc3)cc2)N(O)C=O)C(=O)C1(C)C. The molecule has 2 heterocycles. The molecule has 1 atom stereocenters. The maximum Gasteiger partial charge on any atom is 0.327 e. The first-order valence-corrected chi connectivity index (χ1v) is 10.5. The standard InChI is InChI=1S/C21H25N3O5S/c1-21(2)19(26)23(20(27)22(21)3)12-17(24(28)14-25)8-10-29-18-6-4-15(5-7-18)16-9-11-30-13-16/h4-7,9,11,13-14,17,28H,8,10,12H2,1-3H3. The van der Waals surface area contributed by atoms with Gasteiger partial charge < -0.3 is 9.64 Å². The normalized spacial score (nSPS) is 16.7. The summed E-state index contributed by atoms with van der Waals surface area (Å²) in [5.41, 5.74) is 1.26. The largest absolute Gasteiger partial charge is 0.494 e. The van der Waals surface area contributed by atoms with Gasteiger partial charge >= 0.3 is 6.03 Å². The molecule has 9 heteroatoms. The average Bonchev–Trinajstić information content (AvgIpc) is 3.33. The number of carbonyl (C=O) groups is 3. The zero-order valence-corrected chi connectivity index (χ0v) is 18.0. The van der Waals surface area contributed by atoms with Crippen LogP contribution in [0.15, 0.2) is 41.1 Å². The summed E-state index contributed by atoms with van der Waals surface area (Å²) in [4.78, 5) is 38.5. The fourth-order valence-corrected chi connectivity index (χ4v) is 3.90. The van der Waals surface area contributed by atoms with Crippen molar-refractivity contribution in [3.05, 3.63) is 41.1 Å². The molecule has 1 fully saturated rings. The summed E-state index contributed by atoms with van der Waals surface area (Å²) in [5.74, 6) is 0.279. The Kier molecular flexibility index (Phi) is 6.42. The summed E-state index contributed by atoms with van der Waals surface area (Å²) in [6.07, 6.45) is 0.503. The lowest BCUT2D eigenvalue weighted by Gasteiger charge is -2.26.